The predicted molar refractivity (Wildman–Crippen MR) is 75.0 cm³/mol. The second-order valence-corrected chi connectivity index (χ2v) is 4.44. The lowest BCUT2D eigenvalue weighted by atomic mass is 10.2. The summed E-state index contributed by atoms with van der Waals surface area (Å²) in [6.07, 6.45) is 0. The summed E-state index contributed by atoms with van der Waals surface area (Å²) in [6, 6.07) is 12.4. The zero-order valence-electron chi connectivity index (χ0n) is 11.2. The molecule has 0 aliphatic carbocycles. The summed E-state index contributed by atoms with van der Waals surface area (Å²) in [5.41, 5.74) is 2.06. The molecule has 2 nitrogen and oxygen atoms in total. The van der Waals surface area contributed by atoms with Crippen molar-refractivity contribution in [3.8, 4) is 11.5 Å². The number of ether oxygens (including phenoxy) is 1. The Hall–Kier alpha value is -1.87. The van der Waals surface area contributed by atoms with Gasteiger partial charge >= 0.3 is 0 Å². The van der Waals surface area contributed by atoms with Crippen molar-refractivity contribution in [2.45, 2.75) is 20.4 Å². The van der Waals surface area contributed by atoms with Gasteiger partial charge in [0, 0.05) is 12.6 Å². The highest BCUT2D eigenvalue weighted by Crippen LogP contribution is 2.26. The van der Waals surface area contributed by atoms with Crippen molar-refractivity contribution in [1.82, 2.24) is 5.32 Å². The van der Waals surface area contributed by atoms with Crippen LogP contribution in [0.1, 0.15) is 18.1 Å². The Balaban J connectivity index is 2.16. The molecule has 0 heterocycles. The van der Waals surface area contributed by atoms with Gasteiger partial charge in [0.05, 0.1) is 0 Å². The van der Waals surface area contributed by atoms with E-state index in [0.717, 1.165) is 30.0 Å². The third kappa shape index (κ3) is 3.80. The van der Waals surface area contributed by atoms with Gasteiger partial charge in [0.2, 0.25) is 0 Å². The van der Waals surface area contributed by atoms with Gasteiger partial charge in [-0.3, -0.25) is 0 Å². The molecule has 19 heavy (non-hydrogen) atoms. The van der Waals surface area contributed by atoms with Crippen molar-refractivity contribution in [1.29, 1.82) is 0 Å². The molecule has 2 aromatic carbocycles. The summed E-state index contributed by atoms with van der Waals surface area (Å²) in [5, 5.41) is 3.26. The topological polar surface area (TPSA) is 21.3 Å². The van der Waals surface area contributed by atoms with Crippen LogP contribution >= 0.6 is 0 Å². The molecule has 0 bridgehead atoms. The quantitative estimate of drug-likeness (QED) is 0.875. The first-order valence-corrected chi connectivity index (χ1v) is 6.42. The minimum atomic E-state index is -0.288. The van der Waals surface area contributed by atoms with Crippen molar-refractivity contribution in [3.05, 3.63) is 59.4 Å². The number of rotatable bonds is 5. The van der Waals surface area contributed by atoms with Crippen molar-refractivity contribution in [2.75, 3.05) is 6.54 Å². The van der Waals surface area contributed by atoms with Gasteiger partial charge in [-0.05, 0) is 42.8 Å². The third-order valence-electron chi connectivity index (χ3n) is 2.86. The summed E-state index contributed by atoms with van der Waals surface area (Å²) in [7, 11) is 0. The minimum absolute atomic E-state index is 0.288. The van der Waals surface area contributed by atoms with E-state index in [0.29, 0.717) is 5.75 Å². The Morgan fingerprint density at radius 2 is 2.00 bits per heavy atom. The van der Waals surface area contributed by atoms with Gasteiger partial charge < -0.3 is 10.1 Å². The molecule has 100 valence electrons. The van der Waals surface area contributed by atoms with E-state index in [4.69, 9.17) is 4.74 Å². The first-order valence-electron chi connectivity index (χ1n) is 6.42. The van der Waals surface area contributed by atoms with E-state index in [2.05, 4.69) is 12.2 Å². The molecule has 0 amide bonds. The average Bonchev–Trinajstić information content (AvgIpc) is 2.41. The van der Waals surface area contributed by atoms with Gasteiger partial charge in [0.25, 0.3) is 0 Å². The van der Waals surface area contributed by atoms with Crippen LogP contribution in [-0.4, -0.2) is 6.54 Å². The predicted octanol–water partition coefficient (Wildman–Crippen LogP) is 4.04. The second kappa shape index (κ2) is 6.34. The van der Waals surface area contributed by atoms with E-state index >= 15 is 0 Å². The first kappa shape index (κ1) is 13.6. The van der Waals surface area contributed by atoms with Crippen LogP contribution in [0.25, 0.3) is 0 Å². The lowest BCUT2D eigenvalue weighted by Gasteiger charge is -2.10. The maximum atomic E-state index is 13.2. The number of hydrogen-bond donors (Lipinski definition) is 1. The molecule has 0 aliphatic heterocycles. The summed E-state index contributed by atoms with van der Waals surface area (Å²) in [6.45, 7) is 5.69. The van der Waals surface area contributed by atoms with E-state index in [9.17, 15) is 4.39 Å². The lowest BCUT2D eigenvalue weighted by Crippen LogP contribution is -2.11. The number of hydrogen-bond acceptors (Lipinski definition) is 2. The highest BCUT2D eigenvalue weighted by molar-refractivity contribution is 5.38. The van der Waals surface area contributed by atoms with Crippen LogP contribution < -0.4 is 10.1 Å². The zero-order chi connectivity index (χ0) is 13.7. The average molecular weight is 259 g/mol. The van der Waals surface area contributed by atoms with E-state index in [1.165, 1.54) is 12.1 Å². The molecule has 0 fully saturated rings. The van der Waals surface area contributed by atoms with Gasteiger partial charge in [0.1, 0.15) is 17.3 Å². The van der Waals surface area contributed by atoms with E-state index in [1.54, 1.807) is 6.07 Å². The molecule has 0 saturated heterocycles. The van der Waals surface area contributed by atoms with E-state index in [-0.39, 0.29) is 5.82 Å². The second-order valence-electron chi connectivity index (χ2n) is 4.44. The number of nitrogens with one attached hydrogen (secondary N) is 1. The van der Waals surface area contributed by atoms with Crippen LogP contribution in [0, 0.1) is 12.7 Å². The fraction of sp³-hybridized carbons (Fsp3) is 0.250. The molecular weight excluding hydrogens is 241 g/mol. The lowest BCUT2D eigenvalue weighted by molar-refractivity contribution is 0.472. The minimum Gasteiger partial charge on any atom is -0.457 e. The number of halogens is 1. The van der Waals surface area contributed by atoms with Gasteiger partial charge in [-0.15, -0.1) is 0 Å². The Morgan fingerprint density at radius 3 is 2.79 bits per heavy atom. The third-order valence-corrected chi connectivity index (χ3v) is 2.86. The fourth-order valence-corrected chi connectivity index (χ4v) is 1.80. The molecule has 1 N–H and O–H groups in total. The van der Waals surface area contributed by atoms with Gasteiger partial charge in [-0.25, -0.2) is 4.39 Å². The van der Waals surface area contributed by atoms with Crippen molar-refractivity contribution >= 4 is 0 Å². The molecular formula is C16H18FNO. The zero-order valence-corrected chi connectivity index (χ0v) is 11.2. The van der Waals surface area contributed by atoms with Crippen LogP contribution in [-0.2, 0) is 6.54 Å². The molecule has 0 unspecified atom stereocenters. The monoisotopic (exact) mass is 259 g/mol. The van der Waals surface area contributed by atoms with Crippen LogP contribution in [0.15, 0.2) is 42.5 Å². The summed E-state index contributed by atoms with van der Waals surface area (Å²) in [5.74, 6) is 0.995. The SMILES string of the molecule is CCNCc1cccc(Oc2cc(F)ccc2C)c1. The van der Waals surface area contributed by atoms with Gasteiger partial charge in [-0.1, -0.05) is 25.1 Å². The standard InChI is InChI=1S/C16H18FNO/c1-3-18-11-13-5-4-6-15(9-13)19-16-10-14(17)8-7-12(16)2/h4-10,18H,3,11H2,1-2H3. The molecule has 2 rings (SSSR count). The Bertz CT molecular complexity index is 554. The van der Waals surface area contributed by atoms with E-state index in [1.807, 2.05) is 31.2 Å². The van der Waals surface area contributed by atoms with Crippen molar-refractivity contribution in [3.63, 3.8) is 0 Å². The van der Waals surface area contributed by atoms with Crippen LogP contribution in [0.2, 0.25) is 0 Å². The molecule has 0 aliphatic rings. The molecule has 0 radical (unpaired) electrons. The van der Waals surface area contributed by atoms with Gasteiger partial charge in [0.15, 0.2) is 0 Å². The highest BCUT2D eigenvalue weighted by atomic mass is 19.1. The number of aryl methyl sites for hydroxylation is 1. The first-order chi connectivity index (χ1) is 9.19. The molecule has 0 saturated carbocycles. The maximum Gasteiger partial charge on any atom is 0.133 e. The Labute approximate surface area is 113 Å². The van der Waals surface area contributed by atoms with Crippen molar-refractivity contribution < 1.29 is 9.13 Å². The highest BCUT2D eigenvalue weighted by Gasteiger charge is 2.04. The Morgan fingerprint density at radius 1 is 1.16 bits per heavy atom. The molecule has 0 aromatic heterocycles. The largest absolute Gasteiger partial charge is 0.457 e. The fourth-order valence-electron chi connectivity index (χ4n) is 1.80. The summed E-state index contributed by atoms with van der Waals surface area (Å²) < 4.78 is 18.9. The normalized spacial score (nSPS) is 10.5. The van der Waals surface area contributed by atoms with E-state index < -0.39 is 0 Å². The Kier molecular flexibility index (Phi) is 4.53. The number of benzene rings is 2. The summed E-state index contributed by atoms with van der Waals surface area (Å²) >= 11 is 0. The van der Waals surface area contributed by atoms with Crippen molar-refractivity contribution in [2.24, 2.45) is 0 Å². The molecule has 0 spiro atoms. The summed E-state index contributed by atoms with van der Waals surface area (Å²) in [4.78, 5) is 0. The molecule has 3 heteroatoms. The molecule has 2 aromatic rings. The van der Waals surface area contributed by atoms with Gasteiger partial charge in [-0.2, -0.15) is 0 Å². The van der Waals surface area contributed by atoms with Crippen LogP contribution in [0.5, 0.6) is 11.5 Å². The molecule has 0 atom stereocenters. The van der Waals surface area contributed by atoms with Crippen LogP contribution in [0.3, 0.4) is 0 Å². The maximum absolute atomic E-state index is 13.2. The smallest absolute Gasteiger partial charge is 0.133 e. The van der Waals surface area contributed by atoms with Crippen LogP contribution in [0.4, 0.5) is 4.39 Å².